The van der Waals surface area contributed by atoms with E-state index in [2.05, 4.69) is 22.2 Å². The molecular weight excluding hydrogens is 166 g/mol. The second-order valence-electron chi connectivity index (χ2n) is 3.59. The Morgan fingerprint density at radius 3 is 2.92 bits per heavy atom. The van der Waals surface area contributed by atoms with Crippen LogP contribution in [0.4, 0.5) is 0 Å². The quantitative estimate of drug-likeness (QED) is 0.732. The normalized spacial score (nSPS) is 17.8. The van der Waals surface area contributed by atoms with E-state index in [1.807, 2.05) is 6.92 Å². The van der Waals surface area contributed by atoms with Gasteiger partial charge in [0.15, 0.2) is 5.89 Å². The standard InChI is InChI=1S/C9H15N3O/c1-7-11-8(6-13-7)5-12(2)9-3-10-4-9/h6,9-10H,3-5H2,1-2H3. The van der Waals surface area contributed by atoms with Gasteiger partial charge in [0.05, 0.1) is 5.69 Å². The highest BCUT2D eigenvalue weighted by atomic mass is 16.3. The lowest BCUT2D eigenvalue weighted by Gasteiger charge is -2.35. The molecule has 2 heterocycles. The molecule has 1 saturated heterocycles. The predicted octanol–water partition coefficient (Wildman–Crippen LogP) is 0.387. The number of rotatable bonds is 3. The molecule has 0 saturated carbocycles. The average molecular weight is 181 g/mol. The van der Waals surface area contributed by atoms with E-state index >= 15 is 0 Å². The molecule has 0 bridgehead atoms. The molecule has 1 N–H and O–H groups in total. The second-order valence-corrected chi connectivity index (χ2v) is 3.59. The lowest BCUT2D eigenvalue weighted by molar-refractivity contribution is 0.171. The van der Waals surface area contributed by atoms with E-state index < -0.39 is 0 Å². The predicted molar refractivity (Wildman–Crippen MR) is 49.4 cm³/mol. The molecule has 1 aromatic heterocycles. The maximum absolute atomic E-state index is 5.14. The molecular formula is C9H15N3O. The molecule has 0 atom stereocenters. The van der Waals surface area contributed by atoms with Gasteiger partial charge in [0, 0.05) is 32.6 Å². The van der Waals surface area contributed by atoms with Crippen LogP contribution in [0, 0.1) is 6.92 Å². The zero-order chi connectivity index (χ0) is 9.26. The summed E-state index contributed by atoms with van der Waals surface area (Å²) in [5.41, 5.74) is 1.02. The number of nitrogens with zero attached hydrogens (tertiary/aromatic N) is 2. The van der Waals surface area contributed by atoms with Crippen molar-refractivity contribution in [2.24, 2.45) is 0 Å². The van der Waals surface area contributed by atoms with Crippen LogP contribution in [0.2, 0.25) is 0 Å². The highest BCUT2D eigenvalue weighted by molar-refractivity contribution is 4.96. The van der Waals surface area contributed by atoms with Gasteiger partial charge in [0.1, 0.15) is 6.26 Å². The third-order valence-electron chi connectivity index (χ3n) is 2.46. The Morgan fingerprint density at radius 1 is 1.69 bits per heavy atom. The number of aromatic nitrogens is 1. The number of hydrogen-bond donors (Lipinski definition) is 1. The van der Waals surface area contributed by atoms with E-state index in [0.29, 0.717) is 6.04 Å². The van der Waals surface area contributed by atoms with E-state index in [1.165, 1.54) is 0 Å². The van der Waals surface area contributed by atoms with Gasteiger partial charge in [-0.2, -0.15) is 0 Å². The fourth-order valence-electron chi connectivity index (χ4n) is 1.45. The van der Waals surface area contributed by atoms with Crippen LogP contribution in [0.15, 0.2) is 10.7 Å². The van der Waals surface area contributed by atoms with Crippen LogP contribution in [0.5, 0.6) is 0 Å². The Bertz CT molecular complexity index is 280. The Kier molecular flexibility index (Phi) is 2.33. The van der Waals surface area contributed by atoms with E-state index in [9.17, 15) is 0 Å². The summed E-state index contributed by atoms with van der Waals surface area (Å²) in [6, 6.07) is 0.664. The molecule has 1 aliphatic heterocycles. The third kappa shape index (κ3) is 1.89. The van der Waals surface area contributed by atoms with Gasteiger partial charge in [0.25, 0.3) is 0 Å². The first kappa shape index (κ1) is 8.72. The van der Waals surface area contributed by atoms with Gasteiger partial charge in [-0.05, 0) is 7.05 Å². The van der Waals surface area contributed by atoms with Crippen molar-refractivity contribution in [3.05, 3.63) is 17.8 Å². The maximum atomic E-state index is 5.14. The number of nitrogens with one attached hydrogen (secondary N) is 1. The van der Waals surface area contributed by atoms with Crippen LogP contribution < -0.4 is 5.32 Å². The number of oxazole rings is 1. The topological polar surface area (TPSA) is 41.3 Å². The number of aryl methyl sites for hydroxylation is 1. The van der Waals surface area contributed by atoms with Gasteiger partial charge in [-0.25, -0.2) is 4.98 Å². The smallest absolute Gasteiger partial charge is 0.191 e. The van der Waals surface area contributed by atoms with E-state index in [4.69, 9.17) is 4.42 Å². The van der Waals surface area contributed by atoms with Gasteiger partial charge < -0.3 is 9.73 Å². The van der Waals surface area contributed by atoms with E-state index in [1.54, 1.807) is 6.26 Å². The highest BCUT2D eigenvalue weighted by Gasteiger charge is 2.21. The average Bonchev–Trinajstić information content (AvgIpc) is 2.31. The van der Waals surface area contributed by atoms with Crippen molar-refractivity contribution in [1.82, 2.24) is 15.2 Å². The highest BCUT2D eigenvalue weighted by Crippen LogP contribution is 2.08. The van der Waals surface area contributed by atoms with Gasteiger partial charge >= 0.3 is 0 Å². The van der Waals surface area contributed by atoms with Crippen molar-refractivity contribution in [2.75, 3.05) is 20.1 Å². The van der Waals surface area contributed by atoms with Crippen molar-refractivity contribution in [3.63, 3.8) is 0 Å². The van der Waals surface area contributed by atoms with Crippen LogP contribution in [-0.4, -0.2) is 36.1 Å². The fraction of sp³-hybridized carbons (Fsp3) is 0.667. The Labute approximate surface area is 77.9 Å². The summed E-state index contributed by atoms with van der Waals surface area (Å²) in [5, 5.41) is 3.25. The van der Waals surface area contributed by atoms with Crippen LogP contribution in [0.1, 0.15) is 11.6 Å². The minimum Gasteiger partial charge on any atom is -0.449 e. The molecule has 0 aliphatic carbocycles. The molecule has 4 nitrogen and oxygen atoms in total. The van der Waals surface area contributed by atoms with Gasteiger partial charge in [0.2, 0.25) is 0 Å². The first-order valence-electron chi connectivity index (χ1n) is 4.57. The summed E-state index contributed by atoms with van der Waals surface area (Å²) in [6.45, 7) is 4.93. The van der Waals surface area contributed by atoms with Gasteiger partial charge in [-0.1, -0.05) is 0 Å². The molecule has 4 heteroatoms. The second kappa shape index (κ2) is 3.47. The molecule has 0 amide bonds. The van der Waals surface area contributed by atoms with Crippen molar-refractivity contribution >= 4 is 0 Å². The van der Waals surface area contributed by atoms with Crippen molar-refractivity contribution in [1.29, 1.82) is 0 Å². The number of likely N-dealkylation sites (N-methyl/N-ethyl adjacent to an activating group) is 1. The molecule has 1 aromatic rings. The fourth-order valence-corrected chi connectivity index (χ4v) is 1.45. The monoisotopic (exact) mass is 181 g/mol. The van der Waals surface area contributed by atoms with E-state index in [-0.39, 0.29) is 0 Å². The zero-order valence-electron chi connectivity index (χ0n) is 8.08. The summed E-state index contributed by atoms with van der Waals surface area (Å²) < 4.78 is 5.14. The summed E-state index contributed by atoms with van der Waals surface area (Å²) in [6.07, 6.45) is 1.73. The van der Waals surface area contributed by atoms with Crippen molar-refractivity contribution in [3.8, 4) is 0 Å². The third-order valence-corrected chi connectivity index (χ3v) is 2.46. The Morgan fingerprint density at radius 2 is 2.46 bits per heavy atom. The summed E-state index contributed by atoms with van der Waals surface area (Å²) in [4.78, 5) is 6.56. The molecule has 1 aliphatic rings. The molecule has 2 rings (SSSR count). The Balaban J connectivity index is 1.89. The Hall–Kier alpha value is -0.870. The minimum absolute atomic E-state index is 0.664. The molecule has 13 heavy (non-hydrogen) atoms. The van der Waals surface area contributed by atoms with E-state index in [0.717, 1.165) is 31.2 Å². The summed E-state index contributed by atoms with van der Waals surface area (Å²) in [5.74, 6) is 0.745. The lowest BCUT2D eigenvalue weighted by atomic mass is 10.1. The van der Waals surface area contributed by atoms with Crippen LogP contribution in [-0.2, 0) is 6.54 Å². The molecule has 72 valence electrons. The summed E-state index contributed by atoms with van der Waals surface area (Å²) >= 11 is 0. The molecule has 0 unspecified atom stereocenters. The van der Waals surface area contributed by atoms with Crippen LogP contribution >= 0.6 is 0 Å². The lowest BCUT2D eigenvalue weighted by Crippen LogP contribution is -2.55. The molecule has 1 fully saturated rings. The van der Waals surface area contributed by atoms with Gasteiger partial charge in [-0.15, -0.1) is 0 Å². The first-order chi connectivity index (χ1) is 6.25. The van der Waals surface area contributed by atoms with Crippen molar-refractivity contribution in [2.45, 2.75) is 19.5 Å². The van der Waals surface area contributed by atoms with Gasteiger partial charge in [-0.3, -0.25) is 4.90 Å². The molecule has 0 radical (unpaired) electrons. The zero-order valence-corrected chi connectivity index (χ0v) is 8.08. The van der Waals surface area contributed by atoms with Crippen LogP contribution in [0.3, 0.4) is 0 Å². The minimum atomic E-state index is 0.664. The molecule has 0 aromatic carbocycles. The largest absolute Gasteiger partial charge is 0.449 e. The molecule has 0 spiro atoms. The maximum Gasteiger partial charge on any atom is 0.191 e. The number of hydrogen-bond acceptors (Lipinski definition) is 4. The summed E-state index contributed by atoms with van der Waals surface area (Å²) in [7, 11) is 2.12. The first-order valence-corrected chi connectivity index (χ1v) is 4.57. The SMILES string of the molecule is Cc1nc(CN(C)C2CNC2)co1. The van der Waals surface area contributed by atoms with Crippen LogP contribution in [0.25, 0.3) is 0 Å². The van der Waals surface area contributed by atoms with Crippen molar-refractivity contribution < 1.29 is 4.42 Å².